The van der Waals surface area contributed by atoms with E-state index in [9.17, 15) is 9.90 Å². The quantitative estimate of drug-likeness (QED) is 0.246. The maximum Gasteiger partial charge on any atom is 0.119 e. The van der Waals surface area contributed by atoms with Crippen molar-refractivity contribution < 1.29 is 29.3 Å². The van der Waals surface area contributed by atoms with Gasteiger partial charge in [0.05, 0.1) is 32.4 Å². The molecule has 6 heteroatoms. The van der Waals surface area contributed by atoms with Gasteiger partial charge in [0.1, 0.15) is 26.2 Å². The lowest BCUT2D eigenvalue weighted by Crippen LogP contribution is -2.58. The smallest absolute Gasteiger partial charge is 0.119 e. The SMILES string of the molecule is CCCC/C=C/CCOCC[N+](CCO)(CCO)CC(=O)[O-]. The van der Waals surface area contributed by atoms with E-state index in [0.717, 1.165) is 12.8 Å². The number of carbonyl (C=O) groups is 1. The van der Waals surface area contributed by atoms with Crippen molar-refractivity contribution in [2.24, 2.45) is 0 Å². The summed E-state index contributed by atoms with van der Waals surface area (Å²) in [5, 5.41) is 29.1. The van der Waals surface area contributed by atoms with Crippen LogP contribution in [0.5, 0.6) is 0 Å². The van der Waals surface area contributed by atoms with E-state index >= 15 is 0 Å². The van der Waals surface area contributed by atoms with Gasteiger partial charge in [-0.3, -0.25) is 0 Å². The number of carboxylic acids is 1. The normalized spacial score (nSPS) is 12.1. The number of allylic oxidation sites excluding steroid dienone is 1. The number of rotatable bonds is 15. The van der Waals surface area contributed by atoms with Crippen LogP contribution in [-0.2, 0) is 9.53 Å². The Morgan fingerprint density at radius 3 is 2.27 bits per heavy atom. The summed E-state index contributed by atoms with van der Waals surface area (Å²) >= 11 is 0. The number of hydrogen-bond donors (Lipinski definition) is 2. The number of carboxylic acid groups (broad SMARTS) is 1. The van der Waals surface area contributed by atoms with Crippen LogP contribution in [0, 0.1) is 0 Å². The van der Waals surface area contributed by atoms with Crippen molar-refractivity contribution in [2.45, 2.75) is 32.6 Å². The molecule has 0 unspecified atom stereocenters. The van der Waals surface area contributed by atoms with E-state index in [0.29, 0.717) is 19.8 Å². The Morgan fingerprint density at radius 2 is 1.73 bits per heavy atom. The highest BCUT2D eigenvalue weighted by atomic mass is 16.5. The zero-order valence-corrected chi connectivity index (χ0v) is 13.7. The molecule has 0 spiro atoms. The van der Waals surface area contributed by atoms with Crippen LogP contribution < -0.4 is 5.11 Å². The predicted molar refractivity (Wildman–Crippen MR) is 83.0 cm³/mol. The van der Waals surface area contributed by atoms with E-state index in [4.69, 9.17) is 14.9 Å². The Kier molecular flexibility index (Phi) is 13.1. The molecule has 130 valence electrons. The predicted octanol–water partition coefficient (Wildman–Crippen LogP) is -0.309. The number of unbranched alkanes of at least 4 members (excludes halogenated alkanes) is 2. The second-order valence-electron chi connectivity index (χ2n) is 5.50. The number of carbonyl (C=O) groups excluding carboxylic acids is 1. The number of aliphatic hydroxyl groups excluding tert-OH is 2. The second-order valence-corrected chi connectivity index (χ2v) is 5.50. The summed E-state index contributed by atoms with van der Waals surface area (Å²) in [6.45, 7) is 3.65. The number of hydrogen-bond acceptors (Lipinski definition) is 5. The highest BCUT2D eigenvalue weighted by Gasteiger charge is 2.26. The van der Waals surface area contributed by atoms with Crippen LogP contribution in [-0.4, -0.2) is 73.3 Å². The Hall–Kier alpha value is -0.950. The van der Waals surface area contributed by atoms with Gasteiger partial charge in [0.25, 0.3) is 0 Å². The third-order valence-electron chi connectivity index (χ3n) is 3.64. The van der Waals surface area contributed by atoms with Crippen LogP contribution in [0.15, 0.2) is 12.2 Å². The van der Waals surface area contributed by atoms with Crippen LogP contribution in [0.4, 0.5) is 0 Å². The largest absolute Gasteiger partial charge is 0.544 e. The standard InChI is InChI=1S/C16H31NO5/c1-2-3-4-5-6-7-13-22-14-10-17(8-11-18,9-12-19)15-16(20)21/h5-6,18-19H,2-4,7-15H2,1H3/b6-5+. The summed E-state index contributed by atoms with van der Waals surface area (Å²) in [6, 6.07) is 0. The fraction of sp³-hybridized carbons (Fsp3) is 0.812. The number of ether oxygens (including phenoxy) is 1. The molecule has 0 saturated carbocycles. The first kappa shape index (κ1) is 21.0. The maximum atomic E-state index is 10.9. The highest BCUT2D eigenvalue weighted by molar-refractivity contribution is 5.65. The summed E-state index contributed by atoms with van der Waals surface area (Å²) in [5.41, 5.74) is 0. The molecule has 22 heavy (non-hydrogen) atoms. The molecule has 0 aliphatic rings. The van der Waals surface area contributed by atoms with Crippen LogP contribution in [0.2, 0.25) is 0 Å². The fourth-order valence-electron chi connectivity index (χ4n) is 2.34. The molecule has 0 aromatic carbocycles. The van der Waals surface area contributed by atoms with Gasteiger partial charge in [0.2, 0.25) is 0 Å². The van der Waals surface area contributed by atoms with Crippen molar-refractivity contribution >= 4 is 5.97 Å². The zero-order valence-electron chi connectivity index (χ0n) is 13.7. The molecule has 0 radical (unpaired) electrons. The van der Waals surface area contributed by atoms with Crippen LogP contribution in [0.1, 0.15) is 32.6 Å². The first-order valence-electron chi connectivity index (χ1n) is 8.09. The molecule has 0 amide bonds. The van der Waals surface area contributed by atoms with E-state index in [-0.39, 0.29) is 37.3 Å². The first-order chi connectivity index (χ1) is 10.6. The molecule has 2 N–H and O–H groups in total. The minimum atomic E-state index is -1.18. The van der Waals surface area contributed by atoms with Gasteiger partial charge in [0, 0.05) is 0 Å². The Balaban J connectivity index is 4.06. The Bertz CT molecular complexity index is 301. The highest BCUT2D eigenvalue weighted by Crippen LogP contribution is 2.06. The van der Waals surface area contributed by atoms with Crippen molar-refractivity contribution in [1.82, 2.24) is 0 Å². The average molecular weight is 317 g/mol. The third kappa shape index (κ3) is 10.7. The van der Waals surface area contributed by atoms with Crippen LogP contribution >= 0.6 is 0 Å². The van der Waals surface area contributed by atoms with Gasteiger partial charge >= 0.3 is 0 Å². The summed E-state index contributed by atoms with van der Waals surface area (Å²) in [4.78, 5) is 10.9. The zero-order chi connectivity index (χ0) is 16.7. The molecule has 0 rings (SSSR count). The molecule has 0 aromatic heterocycles. The number of nitrogens with zero attached hydrogens (tertiary/aromatic N) is 1. The average Bonchev–Trinajstić information content (AvgIpc) is 2.45. The van der Waals surface area contributed by atoms with E-state index in [1.165, 1.54) is 12.8 Å². The molecule has 0 bridgehead atoms. The fourth-order valence-corrected chi connectivity index (χ4v) is 2.34. The maximum absolute atomic E-state index is 10.9. The molecule has 0 heterocycles. The van der Waals surface area contributed by atoms with Crippen molar-refractivity contribution in [3.8, 4) is 0 Å². The monoisotopic (exact) mass is 317 g/mol. The summed E-state index contributed by atoms with van der Waals surface area (Å²) in [7, 11) is 0. The molecule has 0 aliphatic heterocycles. The van der Waals surface area contributed by atoms with Gasteiger partial charge in [-0.15, -0.1) is 0 Å². The van der Waals surface area contributed by atoms with Gasteiger partial charge in [-0.05, 0) is 12.8 Å². The summed E-state index contributed by atoms with van der Waals surface area (Å²) < 4.78 is 5.61. The van der Waals surface area contributed by atoms with E-state index in [1.807, 2.05) is 0 Å². The molecular formula is C16H31NO5. The lowest BCUT2D eigenvalue weighted by atomic mass is 10.2. The minimum absolute atomic E-state index is 0.0850. The van der Waals surface area contributed by atoms with Crippen molar-refractivity contribution in [3.63, 3.8) is 0 Å². The van der Waals surface area contributed by atoms with E-state index < -0.39 is 5.97 Å². The number of quaternary nitrogens is 1. The lowest BCUT2D eigenvalue weighted by molar-refractivity contribution is -0.923. The summed E-state index contributed by atoms with van der Waals surface area (Å²) in [5.74, 6) is -1.18. The van der Waals surface area contributed by atoms with Crippen LogP contribution in [0.3, 0.4) is 0 Å². The Morgan fingerprint density at radius 1 is 1.09 bits per heavy atom. The van der Waals surface area contributed by atoms with Gasteiger partial charge in [0.15, 0.2) is 0 Å². The van der Waals surface area contributed by atoms with Gasteiger partial charge in [-0.1, -0.05) is 31.9 Å². The van der Waals surface area contributed by atoms with Crippen LogP contribution in [0.25, 0.3) is 0 Å². The molecule has 0 saturated heterocycles. The van der Waals surface area contributed by atoms with Crippen molar-refractivity contribution in [2.75, 3.05) is 52.6 Å². The Labute approximate surface area is 133 Å². The van der Waals surface area contributed by atoms with Crippen molar-refractivity contribution in [1.29, 1.82) is 0 Å². The second kappa shape index (κ2) is 13.7. The summed E-state index contributed by atoms with van der Waals surface area (Å²) in [6.07, 6.45) is 8.57. The molecule has 0 fully saturated rings. The van der Waals surface area contributed by atoms with Crippen molar-refractivity contribution in [3.05, 3.63) is 12.2 Å². The van der Waals surface area contributed by atoms with Gasteiger partial charge in [-0.2, -0.15) is 0 Å². The molecular weight excluding hydrogens is 286 g/mol. The molecule has 6 nitrogen and oxygen atoms in total. The molecule has 0 aliphatic carbocycles. The van der Waals surface area contributed by atoms with Gasteiger partial charge in [-0.25, -0.2) is 0 Å². The molecule has 0 aromatic rings. The molecule has 0 atom stereocenters. The van der Waals surface area contributed by atoms with E-state index in [1.54, 1.807) is 0 Å². The lowest BCUT2D eigenvalue weighted by Gasteiger charge is -2.38. The minimum Gasteiger partial charge on any atom is -0.544 e. The van der Waals surface area contributed by atoms with Gasteiger partial charge < -0.3 is 29.3 Å². The topological polar surface area (TPSA) is 89.8 Å². The number of aliphatic hydroxyl groups is 2. The van der Waals surface area contributed by atoms with E-state index in [2.05, 4.69) is 19.1 Å². The number of aliphatic carboxylic acids is 1. The third-order valence-corrected chi connectivity index (χ3v) is 3.64. The first-order valence-corrected chi connectivity index (χ1v) is 8.09.